The summed E-state index contributed by atoms with van der Waals surface area (Å²) in [5.41, 5.74) is 6.56. The van der Waals surface area contributed by atoms with Crippen molar-refractivity contribution in [1.82, 2.24) is 0 Å². The van der Waals surface area contributed by atoms with Crippen molar-refractivity contribution in [2.75, 3.05) is 0 Å². The maximum Gasteiger partial charge on any atom is -0.0225 e. The van der Waals surface area contributed by atoms with Gasteiger partial charge in [-0.2, -0.15) is 0 Å². The second-order valence-corrected chi connectivity index (χ2v) is 4.56. The fourth-order valence-electron chi connectivity index (χ4n) is 1.79. The van der Waals surface area contributed by atoms with Crippen LogP contribution in [-0.2, 0) is 0 Å². The highest BCUT2D eigenvalue weighted by molar-refractivity contribution is 5.69. The summed E-state index contributed by atoms with van der Waals surface area (Å²) in [6.07, 6.45) is 6.43. The molecular formula is C17H22. The van der Waals surface area contributed by atoms with Gasteiger partial charge in [-0.25, -0.2) is 0 Å². The zero-order valence-electron chi connectivity index (χ0n) is 11.5. The predicted octanol–water partition coefficient (Wildman–Crippen LogP) is 5.31. The quantitative estimate of drug-likeness (QED) is 0.613. The molecular weight excluding hydrogens is 204 g/mol. The Morgan fingerprint density at radius 1 is 1.00 bits per heavy atom. The van der Waals surface area contributed by atoms with E-state index in [1.807, 2.05) is 6.92 Å². The summed E-state index contributed by atoms with van der Waals surface area (Å²) in [7, 11) is 0. The Balaban J connectivity index is 3.04. The van der Waals surface area contributed by atoms with Gasteiger partial charge in [-0.1, -0.05) is 53.6 Å². The number of hydrogen-bond acceptors (Lipinski definition) is 0. The minimum Gasteiger partial charge on any atom is -0.0874 e. The normalized spacial score (nSPS) is 14.1. The van der Waals surface area contributed by atoms with Crippen LogP contribution in [0.4, 0.5) is 0 Å². The molecule has 0 unspecified atom stereocenters. The number of hydrogen-bond donors (Lipinski definition) is 0. The zero-order valence-corrected chi connectivity index (χ0v) is 11.5. The summed E-state index contributed by atoms with van der Waals surface area (Å²) < 4.78 is 0. The molecule has 0 radical (unpaired) electrons. The highest BCUT2D eigenvalue weighted by Crippen LogP contribution is 2.20. The molecule has 0 fully saturated rings. The SMILES string of the molecule is C/C=C/C(C)=C\C(C)=C(/C)c1ccc(C)cc1. The van der Waals surface area contributed by atoms with Crippen molar-refractivity contribution in [2.45, 2.75) is 34.6 Å². The Morgan fingerprint density at radius 2 is 1.59 bits per heavy atom. The molecule has 0 spiro atoms. The fourth-order valence-corrected chi connectivity index (χ4v) is 1.79. The zero-order chi connectivity index (χ0) is 12.8. The molecule has 0 heteroatoms. The predicted molar refractivity (Wildman–Crippen MR) is 78.0 cm³/mol. The third-order valence-electron chi connectivity index (χ3n) is 2.95. The first kappa shape index (κ1) is 13.5. The second-order valence-electron chi connectivity index (χ2n) is 4.56. The van der Waals surface area contributed by atoms with Crippen LogP contribution in [0.1, 0.15) is 38.8 Å². The number of benzene rings is 1. The standard InChI is InChI=1S/C17H22/c1-6-7-14(3)12-15(4)16(5)17-10-8-13(2)9-11-17/h6-12H,1-5H3/b7-6+,14-12-,16-15+. The van der Waals surface area contributed by atoms with Crippen molar-refractivity contribution >= 4 is 5.57 Å². The average molecular weight is 226 g/mol. The Hall–Kier alpha value is -1.56. The Labute approximate surface area is 105 Å². The van der Waals surface area contributed by atoms with Gasteiger partial charge in [-0.05, 0) is 51.3 Å². The molecule has 1 rings (SSSR count). The molecule has 0 aliphatic rings. The van der Waals surface area contributed by atoms with Crippen LogP contribution >= 0.6 is 0 Å². The molecule has 0 amide bonds. The minimum absolute atomic E-state index is 1.29. The van der Waals surface area contributed by atoms with Gasteiger partial charge >= 0.3 is 0 Å². The molecule has 0 bridgehead atoms. The van der Waals surface area contributed by atoms with Crippen molar-refractivity contribution in [2.24, 2.45) is 0 Å². The van der Waals surface area contributed by atoms with Gasteiger partial charge in [-0.3, -0.25) is 0 Å². The molecule has 17 heavy (non-hydrogen) atoms. The van der Waals surface area contributed by atoms with E-state index in [1.54, 1.807) is 0 Å². The van der Waals surface area contributed by atoms with Crippen molar-refractivity contribution in [3.05, 3.63) is 64.8 Å². The Bertz CT molecular complexity index is 453. The smallest absolute Gasteiger partial charge is 0.0225 e. The van der Waals surface area contributed by atoms with Crippen LogP contribution in [-0.4, -0.2) is 0 Å². The summed E-state index contributed by atoms with van der Waals surface area (Å²) in [4.78, 5) is 0. The summed E-state index contributed by atoms with van der Waals surface area (Å²) in [5, 5.41) is 0. The second kappa shape index (κ2) is 6.24. The third-order valence-corrected chi connectivity index (χ3v) is 2.95. The lowest BCUT2D eigenvalue weighted by molar-refractivity contribution is 1.39. The molecule has 0 heterocycles. The van der Waals surface area contributed by atoms with E-state index in [1.165, 1.54) is 27.8 Å². The third kappa shape index (κ3) is 4.07. The van der Waals surface area contributed by atoms with Crippen LogP contribution in [0, 0.1) is 6.92 Å². The molecule has 0 N–H and O–H groups in total. The molecule has 1 aromatic rings. The molecule has 90 valence electrons. The molecule has 0 aliphatic heterocycles. The number of allylic oxidation sites excluding steroid dienone is 6. The number of rotatable bonds is 3. The topological polar surface area (TPSA) is 0 Å². The molecule has 0 saturated carbocycles. The van der Waals surface area contributed by atoms with E-state index in [-0.39, 0.29) is 0 Å². The molecule has 0 saturated heterocycles. The Kier molecular flexibility index (Phi) is 4.96. The molecule has 0 atom stereocenters. The lowest BCUT2D eigenvalue weighted by atomic mass is 10.00. The van der Waals surface area contributed by atoms with Crippen LogP contribution in [0.15, 0.2) is 53.6 Å². The van der Waals surface area contributed by atoms with Crippen LogP contribution < -0.4 is 0 Å². The van der Waals surface area contributed by atoms with Gasteiger partial charge in [0.1, 0.15) is 0 Å². The van der Waals surface area contributed by atoms with Crippen molar-refractivity contribution in [3.8, 4) is 0 Å². The fraction of sp³-hybridized carbons (Fsp3) is 0.294. The number of aryl methyl sites for hydroxylation is 1. The van der Waals surface area contributed by atoms with Crippen LogP contribution in [0.5, 0.6) is 0 Å². The maximum atomic E-state index is 2.23. The first-order valence-corrected chi connectivity index (χ1v) is 6.10. The van der Waals surface area contributed by atoms with Gasteiger partial charge < -0.3 is 0 Å². The summed E-state index contributed by atoms with van der Waals surface area (Å²) in [6.45, 7) is 10.6. The first-order valence-electron chi connectivity index (χ1n) is 6.10. The van der Waals surface area contributed by atoms with E-state index < -0.39 is 0 Å². The van der Waals surface area contributed by atoms with E-state index in [9.17, 15) is 0 Å². The maximum absolute atomic E-state index is 2.23. The lowest BCUT2D eigenvalue weighted by Crippen LogP contribution is -1.84. The first-order chi connectivity index (χ1) is 8.04. The van der Waals surface area contributed by atoms with Gasteiger partial charge in [0.25, 0.3) is 0 Å². The van der Waals surface area contributed by atoms with Gasteiger partial charge in [-0.15, -0.1) is 0 Å². The van der Waals surface area contributed by atoms with Gasteiger partial charge in [0.2, 0.25) is 0 Å². The Morgan fingerprint density at radius 3 is 2.12 bits per heavy atom. The van der Waals surface area contributed by atoms with Crippen LogP contribution in [0.25, 0.3) is 5.57 Å². The van der Waals surface area contributed by atoms with Gasteiger partial charge in [0.05, 0.1) is 0 Å². The van der Waals surface area contributed by atoms with E-state index in [0.717, 1.165) is 0 Å². The van der Waals surface area contributed by atoms with Crippen molar-refractivity contribution < 1.29 is 0 Å². The van der Waals surface area contributed by atoms with E-state index >= 15 is 0 Å². The van der Waals surface area contributed by atoms with Crippen molar-refractivity contribution in [1.29, 1.82) is 0 Å². The molecule has 0 nitrogen and oxygen atoms in total. The summed E-state index contributed by atoms with van der Waals surface area (Å²) in [6, 6.07) is 8.70. The summed E-state index contributed by atoms with van der Waals surface area (Å²) in [5.74, 6) is 0. The average Bonchev–Trinajstić information content (AvgIpc) is 2.29. The van der Waals surface area contributed by atoms with Gasteiger partial charge in [0, 0.05) is 0 Å². The van der Waals surface area contributed by atoms with E-state index in [0.29, 0.717) is 0 Å². The van der Waals surface area contributed by atoms with E-state index in [4.69, 9.17) is 0 Å². The molecule has 1 aromatic carbocycles. The monoisotopic (exact) mass is 226 g/mol. The van der Waals surface area contributed by atoms with Gasteiger partial charge in [0.15, 0.2) is 0 Å². The molecule has 0 aromatic heterocycles. The highest BCUT2D eigenvalue weighted by Gasteiger charge is 1.98. The van der Waals surface area contributed by atoms with Crippen molar-refractivity contribution in [3.63, 3.8) is 0 Å². The highest BCUT2D eigenvalue weighted by atomic mass is 14.0. The van der Waals surface area contributed by atoms with Crippen LogP contribution in [0.3, 0.4) is 0 Å². The van der Waals surface area contributed by atoms with Crippen LogP contribution in [0.2, 0.25) is 0 Å². The summed E-state index contributed by atoms with van der Waals surface area (Å²) >= 11 is 0. The van der Waals surface area contributed by atoms with E-state index in [2.05, 4.69) is 70.2 Å². The molecule has 0 aliphatic carbocycles. The minimum atomic E-state index is 1.29. The lowest BCUT2D eigenvalue weighted by Gasteiger charge is -2.06. The largest absolute Gasteiger partial charge is 0.0874 e.